The number of thiophene rings is 1. The van der Waals surface area contributed by atoms with Gasteiger partial charge in [-0.25, -0.2) is 8.42 Å². The number of hydrogen-bond acceptors (Lipinski definition) is 4. The summed E-state index contributed by atoms with van der Waals surface area (Å²) in [5, 5.41) is 10.9. The molecule has 1 aromatic carbocycles. The normalized spacial score (nSPS) is 11.4. The molecule has 0 radical (unpaired) electrons. The SMILES string of the molecule is Cc1ccc(NS(=O)(=O)c2cccs2)c(CO)c1. The minimum absolute atomic E-state index is 0.204. The van der Waals surface area contributed by atoms with Gasteiger partial charge >= 0.3 is 0 Å². The van der Waals surface area contributed by atoms with Gasteiger partial charge in [0.2, 0.25) is 0 Å². The fourth-order valence-electron chi connectivity index (χ4n) is 1.56. The first-order valence-corrected chi connectivity index (χ1v) is 7.66. The molecule has 0 aliphatic carbocycles. The maximum atomic E-state index is 12.0. The van der Waals surface area contributed by atoms with Gasteiger partial charge in [-0.15, -0.1) is 11.3 Å². The quantitative estimate of drug-likeness (QED) is 0.905. The first-order valence-electron chi connectivity index (χ1n) is 5.29. The van der Waals surface area contributed by atoms with Crippen molar-refractivity contribution in [2.24, 2.45) is 0 Å². The second kappa shape index (κ2) is 5.09. The molecule has 0 saturated carbocycles. The van der Waals surface area contributed by atoms with Gasteiger partial charge in [-0.1, -0.05) is 23.8 Å². The fourth-order valence-corrected chi connectivity index (χ4v) is 3.66. The van der Waals surface area contributed by atoms with E-state index in [4.69, 9.17) is 0 Å². The van der Waals surface area contributed by atoms with E-state index < -0.39 is 10.0 Å². The Hall–Kier alpha value is -1.37. The zero-order valence-corrected chi connectivity index (χ0v) is 11.4. The molecule has 0 unspecified atom stereocenters. The summed E-state index contributed by atoms with van der Waals surface area (Å²) in [6, 6.07) is 8.44. The summed E-state index contributed by atoms with van der Waals surface area (Å²) in [7, 11) is -3.56. The molecular weight excluding hydrogens is 270 g/mol. The van der Waals surface area contributed by atoms with Crippen LogP contribution in [0.5, 0.6) is 0 Å². The Labute approximate surface area is 110 Å². The number of anilines is 1. The molecule has 96 valence electrons. The summed E-state index contributed by atoms with van der Waals surface area (Å²) in [4.78, 5) is 0. The first-order chi connectivity index (χ1) is 8.53. The van der Waals surface area contributed by atoms with Crippen LogP contribution in [0.2, 0.25) is 0 Å². The minimum Gasteiger partial charge on any atom is -0.392 e. The predicted molar refractivity (Wildman–Crippen MR) is 72.2 cm³/mol. The molecule has 2 aromatic rings. The van der Waals surface area contributed by atoms with Gasteiger partial charge in [-0.05, 0) is 24.4 Å². The van der Waals surface area contributed by atoms with Crippen LogP contribution in [0.15, 0.2) is 39.9 Å². The van der Waals surface area contributed by atoms with E-state index in [0.717, 1.165) is 16.9 Å². The van der Waals surface area contributed by atoms with Crippen molar-refractivity contribution < 1.29 is 13.5 Å². The number of hydrogen-bond donors (Lipinski definition) is 2. The Balaban J connectivity index is 2.35. The zero-order valence-electron chi connectivity index (χ0n) is 9.75. The van der Waals surface area contributed by atoms with Gasteiger partial charge in [0.25, 0.3) is 10.0 Å². The molecule has 2 N–H and O–H groups in total. The van der Waals surface area contributed by atoms with Crippen molar-refractivity contribution in [3.8, 4) is 0 Å². The fraction of sp³-hybridized carbons (Fsp3) is 0.167. The Kier molecular flexibility index (Phi) is 3.70. The molecule has 18 heavy (non-hydrogen) atoms. The van der Waals surface area contributed by atoms with Gasteiger partial charge in [0.15, 0.2) is 0 Å². The van der Waals surface area contributed by atoms with Crippen LogP contribution in [0, 0.1) is 6.92 Å². The van der Waals surface area contributed by atoms with E-state index in [-0.39, 0.29) is 10.8 Å². The third kappa shape index (κ3) is 2.72. The second-order valence-electron chi connectivity index (χ2n) is 3.86. The van der Waals surface area contributed by atoms with Gasteiger partial charge in [0, 0.05) is 5.56 Å². The van der Waals surface area contributed by atoms with Crippen LogP contribution >= 0.6 is 11.3 Å². The van der Waals surface area contributed by atoms with Gasteiger partial charge in [0.05, 0.1) is 12.3 Å². The molecule has 2 rings (SSSR count). The topological polar surface area (TPSA) is 66.4 Å². The van der Waals surface area contributed by atoms with E-state index in [1.54, 1.807) is 35.7 Å². The van der Waals surface area contributed by atoms with Crippen LogP contribution < -0.4 is 4.72 Å². The number of nitrogens with one attached hydrogen (secondary N) is 1. The first kappa shape index (κ1) is 13.1. The Morgan fingerprint density at radius 1 is 1.33 bits per heavy atom. The minimum atomic E-state index is -3.56. The largest absolute Gasteiger partial charge is 0.392 e. The van der Waals surface area contributed by atoms with Gasteiger partial charge in [-0.3, -0.25) is 4.72 Å². The number of sulfonamides is 1. The Bertz CT molecular complexity index is 633. The molecular formula is C12H13NO3S2. The summed E-state index contributed by atoms with van der Waals surface area (Å²) < 4.78 is 26.8. The molecule has 0 amide bonds. The van der Waals surface area contributed by atoms with Crippen LogP contribution in [0.1, 0.15) is 11.1 Å². The molecule has 4 nitrogen and oxygen atoms in total. The number of benzene rings is 1. The molecule has 0 saturated heterocycles. The highest BCUT2D eigenvalue weighted by Crippen LogP contribution is 2.23. The van der Waals surface area contributed by atoms with E-state index in [1.807, 2.05) is 6.92 Å². The number of aliphatic hydroxyl groups is 1. The molecule has 0 fully saturated rings. The summed E-state index contributed by atoms with van der Waals surface area (Å²) in [5.74, 6) is 0. The second-order valence-corrected chi connectivity index (χ2v) is 6.71. The van der Waals surface area contributed by atoms with Crippen molar-refractivity contribution in [3.63, 3.8) is 0 Å². The predicted octanol–water partition coefficient (Wildman–Crippen LogP) is 2.35. The number of aryl methyl sites for hydroxylation is 1. The summed E-state index contributed by atoms with van der Waals surface area (Å²) in [5.41, 5.74) is 1.95. The van der Waals surface area contributed by atoms with Crippen LogP contribution in [0.4, 0.5) is 5.69 Å². The molecule has 6 heteroatoms. The lowest BCUT2D eigenvalue weighted by molar-refractivity contribution is 0.282. The van der Waals surface area contributed by atoms with Crippen molar-refractivity contribution in [2.45, 2.75) is 17.7 Å². The third-order valence-corrected chi connectivity index (χ3v) is 5.20. The summed E-state index contributed by atoms with van der Waals surface area (Å²) >= 11 is 1.15. The monoisotopic (exact) mass is 283 g/mol. The highest BCUT2D eigenvalue weighted by molar-refractivity contribution is 7.94. The number of rotatable bonds is 4. The van der Waals surface area contributed by atoms with Crippen molar-refractivity contribution in [1.29, 1.82) is 0 Å². The van der Waals surface area contributed by atoms with E-state index in [1.165, 1.54) is 0 Å². The van der Waals surface area contributed by atoms with E-state index >= 15 is 0 Å². The number of aliphatic hydroxyl groups excluding tert-OH is 1. The summed E-state index contributed by atoms with van der Waals surface area (Å²) in [6.07, 6.45) is 0. The Morgan fingerprint density at radius 3 is 2.72 bits per heavy atom. The zero-order chi connectivity index (χ0) is 13.2. The highest BCUT2D eigenvalue weighted by atomic mass is 32.2. The smallest absolute Gasteiger partial charge is 0.271 e. The molecule has 1 heterocycles. The molecule has 0 aliphatic rings. The molecule has 0 aliphatic heterocycles. The van der Waals surface area contributed by atoms with Crippen molar-refractivity contribution >= 4 is 27.0 Å². The van der Waals surface area contributed by atoms with Crippen molar-refractivity contribution in [3.05, 3.63) is 46.8 Å². The maximum absolute atomic E-state index is 12.0. The van der Waals surface area contributed by atoms with E-state index in [0.29, 0.717) is 11.3 Å². The van der Waals surface area contributed by atoms with Crippen LogP contribution in [-0.4, -0.2) is 13.5 Å². The van der Waals surface area contributed by atoms with Crippen LogP contribution in [0.3, 0.4) is 0 Å². The lowest BCUT2D eigenvalue weighted by Crippen LogP contribution is -2.13. The van der Waals surface area contributed by atoms with Crippen molar-refractivity contribution in [1.82, 2.24) is 0 Å². The van der Waals surface area contributed by atoms with E-state index in [2.05, 4.69) is 4.72 Å². The summed E-state index contributed by atoms with van der Waals surface area (Å²) in [6.45, 7) is 1.68. The third-order valence-electron chi connectivity index (χ3n) is 2.44. The van der Waals surface area contributed by atoms with Gasteiger partial charge in [0.1, 0.15) is 4.21 Å². The molecule has 0 atom stereocenters. The lowest BCUT2D eigenvalue weighted by atomic mass is 10.1. The Morgan fingerprint density at radius 2 is 2.11 bits per heavy atom. The molecule has 1 aromatic heterocycles. The van der Waals surface area contributed by atoms with Crippen LogP contribution in [0.25, 0.3) is 0 Å². The highest BCUT2D eigenvalue weighted by Gasteiger charge is 2.16. The molecule has 0 spiro atoms. The molecule has 0 bridgehead atoms. The van der Waals surface area contributed by atoms with Gasteiger partial charge < -0.3 is 5.11 Å². The van der Waals surface area contributed by atoms with E-state index in [9.17, 15) is 13.5 Å². The lowest BCUT2D eigenvalue weighted by Gasteiger charge is -2.11. The standard InChI is InChI=1S/C12H13NO3S2/c1-9-4-5-11(10(7-9)8-14)13-18(15,16)12-3-2-6-17-12/h2-7,13-14H,8H2,1H3. The average molecular weight is 283 g/mol. The van der Waals surface area contributed by atoms with Crippen molar-refractivity contribution in [2.75, 3.05) is 4.72 Å². The van der Waals surface area contributed by atoms with Gasteiger partial charge in [-0.2, -0.15) is 0 Å². The van der Waals surface area contributed by atoms with Crippen LogP contribution in [-0.2, 0) is 16.6 Å². The average Bonchev–Trinajstić information content (AvgIpc) is 2.85. The maximum Gasteiger partial charge on any atom is 0.271 e.